The van der Waals surface area contributed by atoms with E-state index < -0.39 is 52.7 Å². The standard InChI is InChI=1S/C28H23FN2O5.C18H29.C16H13FN2O2.C11H11NO4.2C10H11NO2.C9H12O.C2H2Cl2O.2Li/c1-34-20-8-9-21-23(17-20)30-12-11-25(21)36-26-10-7-18(15-22(26)29)16-24(32)27-28(33)31(13-14-35-27)19-5-3-2-4-6-19;1-16(2,3)13-10-14(17(4,5)6)12-15(11-13)18(7,8)9;1-20-11-3-4-12-14(9-11)19-7-6-15(12)21-16-5-2-10(18)8-13(16)17;13-10-9(11(14)15)16-7-6-12(10)8-4-2-1-3-5-8;2*12-10-8-13-7-6-11(10)9-4-2-1-3-5-9;10-8-4-7-9-5-2-1-3-6-9;3-1-2(4)5;;/h2-12,15,17,27H,13-14,16H2,1H3;10-11H,1-9H3;2-9H,18H2,1H3;1-5,9H,6-7H2,(H,14,15);2*1-5H,6-8H2;1-3,5-6,10H,4,7-8H2;1H2;;/q;-1;;;;;;;2*+1/p-1. The first kappa shape index (κ1) is 109. The number of fused-ring (bicyclic) bond motifs is 2. The SMILES string of the molecule is CC(C)(C)c1[c-]c(C(C)(C)C)cc(C(C)(C)C)c1.COc1ccc2c(Oc3ccc(CC(=O)C4OCCN(c5ccccc5)C4=O)cc3F)ccnc2c1.COc1ccc2c(Oc3ccc(N)cc3F)ccnc2c1.O=C(Cl)CCl.O=C([O-])C1OCCN(c2ccccc2)C1=O.O=C1COCCN1c1ccccc1.O=C1COCCN1c1ccccc1.OCCCc1ccccc1.[Li+].[Li+]. The van der Waals surface area contributed by atoms with Crippen molar-refractivity contribution in [1.29, 1.82) is 0 Å². The number of morpholine rings is 4. The Morgan fingerprint density at radius 1 is 0.493 bits per heavy atom. The van der Waals surface area contributed by atoms with E-state index in [2.05, 4.69) is 103 Å². The van der Waals surface area contributed by atoms with Crippen molar-refractivity contribution < 1.29 is 128 Å². The van der Waals surface area contributed by atoms with Crippen LogP contribution in [0.4, 0.5) is 37.2 Å². The first-order valence-electron chi connectivity index (χ1n) is 42.8. The van der Waals surface area contributed by atoms with Crippen LogP contribution in [0.1, 0.15) is 96.6 Å². The van der Waals surface area contributed by atoms with Crippen LogP contribution in [0, 0.1) is 17.7 Å². The quantitative estimate of drug-likeness (QED) is 0.0201. The van der Waals surface area contributed by atoms with E-state index in [0.29, 0.717) is 101 Å². The second-order valence-corrected chi connectivity index (χ2v) is 34.0. The number of aliphatic hydroxyl groups is 1. The number of carboxylic acid groups (broad SMARTS) is 1. The monoisotopic (exact) mass is 1850 g/mol. The van der Waals surface area contributed by atoms with Crippen LogP contribution in [0.3, 0.4) is 0 Å². The summed E-state index contributed by atoms with van der Waals surface area (Å²) in [5.41, 5.74) is 16.8. The Balaban J connectivity index is 0.000000219. The third kappa shape index (κ3) is 33.3. The number of anilines is 5. The predicted molar refractivity (Wildman–Crippen MR) is 509 cm³/mol. The number of ketones is 1. The third-order valence-corrected chi connectivity index (χ3v) is 21.0. The van der Waals surface area contributed by atoms with Crippen molar-refractivity contribution in [2.24, 2.45) is 0 Å². The smallest absolute Gasteiger partial charge is 0.547 e. The summed E-state index contributed by atoms with van der Waals surface area (Å²) in [6.07, 6.45) is 2.16. The van der Waals surface area contributed by atoms with Gasteiger partial charge in [-0.3, -0.25) is 38.7 Å². The molecule has 0 saturated carbocycles. The van der Waals surface area contributed by atoms with Gasteiger partial charge in [0.2, 0.25) is 5.24 Å². The number of nitrogens with zero attached hydrogens (tertiary/aromatic N) is 6. The van der Waals surface area contributed by atoms with Gasteiger partial charge in [0.15, 0.2) is 41.1 Å². The molecule has 16 rings (SSSR count). The maximum atomic E-state index is 14.9. The average Bonchev–Trinajstić information content (AvgIpc) is 0.776. The molecule has 4 aliphatic rings. The number of halogens is 4. The molecule has 2 unspecified atom stereocenters. The fraction of sp³-hybridized carbons (Fsp3) is 0.298. The van der Waals surface area contributed by atoms with Gasteiger partial charge >= 0.3 is 37.7 Å². The molecule has 4 aliphatic heterocycles. The van der Waals surface area contributed by atoms with Crippen molar-refractivity contribution >= 4 is 114 Å². The van der Waals surface area contributed by atoms with Crippen LogP contribution < -0.4 is 87.1 Å². The number of carbonyl (C=O) groups is 7. The Morgan fingerprint density at radius 2 is 0.881 bits per heavy atom. The summed E-state index contributed by atoms with van der Waals surface area (Å²) < 4.78 is 71.0. The second-order valence-electron chi connectivity index (χ2n) is 33.3. The van der Waals surface area contributed by atoms with E-state index >= 15 is 0 Å². The number of para-hydroxylation sites is 4. The maximum absolute atomic E-state index is 14.9. The summed E-state index contributed by atoms with van der Waals surface area (Å²) in [6, 6.07) is 78.5. The summed E-state index contributed by atoms with van der Waals surface area (Å²) in [5.74, 6) is -1.64. The van der Waals surface area contributed by atoms with Crippen molar-refractivity contribution in [2.45, 2.75) is 110 Å². The number of ether oxygens (including phenoxy) is 8. The largest absolute Gasteiger partial charge is 1.00 e. The summed E-state index contributed by atoms with van der Waals surface area (Å²) >= 11 is 9.55. The first-order chi connectivity index (χ1) is 63.2. The number of aliphatic carboxylic acids is 1. The number of Topliss-reactive ketones (excluding diaryl/α,β-unsaturated/α-hetero) is 1. The Labute approximate surface area is 815 Å². The van der Waals surface area contributed by atoms with E-state index in [1.165, 1.54) is 56.3 Å². The number of nitrogen functional groups attached to an aromatic ring is 1. The molecule has 4 amide bonds. The molecular weight excluding hydrogens is 1740 g/mol. The summed E-state index contributed by atoms with van der Waals surface area (Å²) in [5, 5.41) is 20.2. The molecule has 0 aliphatic carbocycles. The number of methoxy groups -OCH3 is 2. The Hall–Kier alpha value is -11.9. The van der Waals surface area contributed by atoms with Crippen LogP contribution in [0.15, 0.2) is 261 Å². The predicted octanol–water partition coefficient (Wildman–Crippen LogP) is 11.7. The molecule has 12 aromatic rings. The molecule has 24 nitrogen and oxygen atoms in total. The van der Waals surface area contributed by atoms with Crippen LogP contribution in [0.25, 0.3) is 21.8 Å². The minimum Gasteiger partial charge on any atom is -0.547 e. The number of hydrogen-bond acceptors (Lipinski definition) is 20. The normalized spacial score (nSPS) is 14.6. The van der Waals surface area contributed by atoms with E-state index in [9.17, 15) is 47.4 Å². The molecule has 6 heterocycles. The number of amides is 4. The van der Waals surface area contributed by atoms with Crippen LogP contribution in [0.2, 0.25) is 0 Å². The minimum atomic E-state index is -1.49. The van der Waals surface area contributed by atoms with Gasteiger partial charge in [-0.05, 0) is 161 Å². The van der Waals surface area contributed by atoms with Gasteiger partial charge < -0.3 is 78.2 Å². The molecule has 4 saturated heterocycles. The zero-order valence-corrected chi connectivity index (χ0v) is 79.4. The van der Waals surface area contributed by atoms with Gasteiger partial charge in [-0.1, -0.05) is 172 Å². The van der Waals surface area contributed by atoms with Gasteiger partial charge in [-0.25, -0.2) is 8.78 Å². The van der Waals surface area contributed by atoms with Crippen LogP contribution in [-0.2, 0) is 81.6 Å². The fourth-order valence-corrected chi connectivity index (χ4v) is 13.3. The van der Waals surface area contributed by atoms with E-state index in [1.54, 1.807) is 127 Å². The zero-order chi connectivity index (χ0) is 95.5. The van der Waals surface area contributed by atoms with Crippen LogP contribution >= 0.6 is 23.2 Å². The number of aromatic nitrogens is 2. The number of rotatable bonds is 18. The molecule has 10 aromatic carbocycles. The molecule has 4 fully saturated rings. The topological polar surface area (TPSA) is 301 Å². The summed E-state index contributed by atoms with van der Waals surface area (Å²) in [7, 11) is 3.16. The number of benzene rings is 10. The van der Waals surface area contributed by atoms with Gasteiger partial charge in [-0.2, -0.15) is 34.9 Å². The number of aliphatic hydroxyl groups excluding tert-OH is 1. The molecule has 3 N–H and O–H groups in total. The Bertz CT molecular complexity index is 5650. The first-order valence-corrected chi connectivity index (χ1v) is 43.7. The number of aryl methyl sites for hydroxylation is 1. The Kier molecular flexibility index (Phi) is 43.9. The molecule has 0 spiro atoms. The van der Waals surface area contributed by atoms with Crippen molar-refractivity contribution in [3.05, 3.63) is 307 Å². The van der Waals surface area contributed by atoms with Gasteiger partial charge in [0.1, 0.15) is 36.2 Å². The molecule has 2 aromatic heterocycles. The van der Waals surface area contributed by atoms with E-state index in [0.717, 1.165) is 29.6 Å². The molecule has 0 bridgehead atoms. The van der Waals surface area contributed by atoms with Crippen molar-refractivity contribution in [3.8, 4) is 34.5 Å². The zero-order valence-electron chi connectivity index (χ0n) is 77.8. The number of carboxylic acids is 1. The second kappa shape index (κ2) is 53.9. The molecule has 694 valence electrons. The Morgan fingerprint density at radius 3 is 1.25 bits per heavy atom. The van der Waals surface area contributed by atoms with Crippen molar-refractivity contribution in [1.82, 2.24) is 9.97 Å². The fourth-order valence-electron chi connectivity index (χ4n) is 13.3. The van der Waals surface area contributed by atoms with E-state index in [1.807, 2.05) is 109 Å². The van der Waals surface area contributed by atoms with E-state index in [4.69, 9.17) is 71.9 Å². The maximum Gasteiger partial charge on any atom is 1.00 e. The third-order valence-electron chi connectivity index (χ3n) is 20.4. The van der Waals surface area contributed by atoms with Crippen molar-refractivity contribution in [3.63, 3.8) is 0 Å². The molecule has 0 radical (unpaired) electrons. The number of carbonyl (C=O) groups excluding carboxylic acids is 7. The van der Waals surface area contributed by atoms with Gasteiger partial charge in [-0.15, -0.1) is 11.6 Å². The van der Waals surface area contributed by atoms with Gasteiger partial charge in [0, 0.05) is 109 Å². The van der Waals surface area contributed by atoms with Crippen molar-refractivity contribution in [2.75, 3.05) is 118 Å². The van der Waals surface area contributed by atoms with Crippen LogP contribution in [0.5, 0.6) is 34.5 Å². The molecule has 134 heavy (non-hydrogen) atoms. The molecular formula is C104H111Cl2F2Li2N7O17. The molecule has 30 heteroatoms. The number of alkyl halides is 1. The van der Waals surface area contributed by atoms with E-state index in [-0.39, 0.29) is 123 Å². The van der Waals surface area contributed by atoms with Crippen LogP contribution in [-0.4, -0.2) is 160 Å². The average molecular weight is 1850 g/mol. The minimum absolute atomic E-state index is 0. The summed E-state index contributed by atoms with van der Waals surface area (Å²) in [4.78, 5) is 95.4. The molecule has 2 atom stereocenters. The summed E-state index contributed by atoms with van der Waals surface area (Å²) in [6.45, 7) is 24.8. The number of hydrogen-bond donors (Lipinski definition) is 2. The van der Waals surface area contributed by atoms with Gasteiger partial charge in [0.25, 0.3) is 23.6 Å². The number of pyridine rings is 2. The number of nitrogens with two attached hydrogens (primary N) is 1. The van der Waals surface area contributed by atoms with Gasteiger partial charge in [0.05, 0.1) is 63.5 Å².